The van der Waals surface area contributed by atoms with Gasteiger partial charge in [0.25, 0.3) is 0 Å². The molecular weight excluding hydrogens is 266 g/mol. The molecule has 1 aromatic carbocycles. The molecule has 20 heavy (non-hydrogen) atoms. The van der Waals surface area contributed by atoms with Crippen LogP contribution in [-0.4, -0.2) is 19.7 Å². The molecule has 0 saturated carbocycles. The molecular formula is C17H21NOS. The summed E-state index contributed by atoms with van der Waals surface area (Å²) in [6, 6.07) is 8.73. The van der Waals surface area contributed by atoms with Crippen molar-refractivity contribution in [2.45, 2.75) is 25.7 Å². The first-order chi connectivity index (χ1) is 9.92. The minimum absolute atomic E-state index is 0.739. The Morgan fingerprint density at radius 1 is 1.10 bits per heavy atom. The molecule has 0 atom stereocenters. The van der Waals surface area contributed by atoms with Gasteiger partial charge in [-0.15, -0.1) is 0 Å². The fraction of sp³-hybridized carbons (Fsp3) is 0.412. The van der Waals surface area contributed by atoms with Crippen molar-refractivity contribution in [1.82, 2.24) is 5.32 Å². The smallest absolute Gasteiger partial charge is 0.119 e. The van der Waals surface area contributed by atoms with Crippen LogP contribution in [0.25, 0.3) is 0 Å². The molecule has 0 amide bonds. The van der Waals surface area contributed by atoms with E-state index in [2.05, 4.69) is 40.3 Å². The Balaban J connectivity index is 1.33. The highest BCUT2D eigenvalue weighted by molar-refractivity contribution is 7.07. The third-order valence-corrected chi connectivity index (χ3v) is 4.52. The van der Waals surface area contributed by atoms with E-state index >= 15 is 0 Å². The number of aryl methyl sites for hydroxylation is 2. The zero-order valence-electron chi connectivity index (χ0n) is 11.7. The highest BCUT2D eigenvalue weighted by Gasteiger charge is 2.10. The summed E-state index contributed by atoms with van der Waals surface area (Å²) in [5.41, 5.74) is 4.40. The van der Waals surface area contributed by atoms with E-state index < -0.39 is 0 Å². The monoisotopic (exact) mass is 287 g/mol. The van der Waals surface area contributed by atoms with Crippen LogP contribution < -0.4 is 10.1 Å². The predicted octanol–water partition coefficient (Wildman–Crippen LogP) is 3.45. The molecule has 0 unspecified atom stereocenters. The highest BCUT2D eigenvalue weighted by Crippen LogP contribution is 2.25. The number of ether oxygens (including phenoxy) is 1. The Morgan fingerprint density at radius 3 is 2.95 bits per heavy atom. The minimum atomic E-state index is 0.739. The fourth-order valence-corrected chi connectivity index (χ4v) is 3.37. The number of fused-ring (bicyclic) bond motifs is 1. The summed E-state index contributed by atoms with van der Waals surface area (Å²) in [5, 5.41) is 7.77. The second kappa shape index (κ2) is 6.91. The molecule has 0 bridgehead atoms. The van der Waals surface area contributed by atoms with Gasteiger partial charge in [-0.3, -0.25) is 0 Å². The molecule has 3 heteroatoms. The predicted molar refractivity (Wildman–Crippen MR) is 84.9 cm³/mol. The SMILES string of the molecule is c1cc(CCNCCOc2ccc3c(c2)CCC3)cs1. The number of nitrogens with one attached hydrogen (secondary N) is 1. The van der Waals surface area contributed by atoms with Gasteiger partial charge in [0.15, 0.2) is 0 Å². The molecule has 0 radical (unpaired) electrons. The molecule has 1 heterocycles. The fourth-order valence-electron chi connectivity index (χ4n) is 2.67. The van der Waals surface area contributed by atoms with E-state index in [9.17, 15) is 0 Å². The summed E-state index contributed by atoms with van der Waals surface area (Å²) >= 11 is 1.76. The van der Waals surface area contributed by atoms with Crippen molar-refractivity contribution >= 4 is 11.3 Å². The molecule has 1 N–H and O–H groups in total. The molecule has 2 nitrogen and oxygen atoms in total. The molecule has 1 aromatic heterocycles. The average Bonchev–Trinajstić information content (AvgIpc) is 3.13. The first-order valence-electron chi connectivity index (χ1n) is 7.38. The van der Waals surface area contributed by atoms with Crippen molar-refractivity contribution in [2.24, 2.45) is 0 Å². The summed E-state index contributed by atoms with van der Waals surface area (Å²) in [5.74, 6) is 1.02. The zero-order valence-corrected chi connectivity index (χ0v) is 12.5. The van der Waals surface area contributed by atoms with E-state index in [4.69, 9.17) is 4.74 Å². The van der Waals surface area contributed by atoms with E-state index in [0.717, 1.165) is 31.9 Å². The van der Waals surface area contributed by atoms with Gasteiger partial charge >= 0.3 is 0 Å². The topological polar surface area (TPSA) is 21.3 Å². The maximum atomic E-state index is 5.81. The van der Waals surface area contributed by atoms with Gasteiger partial charge in [0.1, 0.15) is 12.4 Å². The van der Waals surface area contributed by atoms with Crippen LogP contribution in [0.15, 0.2) is 35.0 Å². The Hall–Kier alpha value is -1.32. The van der Waals surface area contributed by atoms with Crippen molar-refractivity contribution in [3.8, 4) is 5.75 Å². The average molecular weight is 287 g/mol. The highest BCUT2D eigenvalue weighted by atomic mass is 32.1. The maximum absolute atomic E-state index is 5.81. The summed E-state index contributed by atoms with van der Waals surface area (Å²) in [7, 11) is 0. The third-order valence-electron chi connectivity index (χ3n) is 3.79. The van der Waals surface area contributed by atoms with Gasteiger partial charge in [-0.1, -0.05) is 6.07 Å². The van der Waals surface area contributed by atoms with Crippen molar-refractivity contribution in [3.05, 3.63) is 51.7 Å². The van der Waals surface area contributed by atoms with E-state index in [1.54, 1.807) is 11.3 Å². The van der Waals surface area contributed by atoms with Gasteiger partial charge in [0.05, 0.1) is 0 Å². The summed E-state index contributed by atoms with van der Waals surface area (Å²) < 4.78 is 5.81. The Labute approximate surface area is 124 Å². The number of rotatable bonds is 7. The van der Waals surface area contributed by atoms with Crippen LogP contribution in [-0.2, 0) is 19.3 Å². The summed E-state index contributed by atoms with van der Waals surface area (Å²) in [6.07, 6.45) is 4.84. The Kier molecular flexibility index (Phi) is 4.72. The van der Waals surface area contributed by atoms with Crippen molar-refractivity contribution in [2.75, 3.05) is 19.7 Å². The molecule has 1 aliphatic carbocycles. The maximum Gasteiger partial charge on any atom is 0.119 e. The summed E-state index contributed by atoms with van der Waals surface area (Å²) in [6.45, 7) is 2.66. The Morgan fingerprint density at radius 2 is 2.05 bits per heavy atom. The van der Waals surface area contributed by atoms with E-state index in [1.165, 1.54) is 36.0 Å². The number of hydrogen-bond acceptors (Lipinski definition) is 3. The van der Waals surface area contributed by atoms with Crippen molar-refractivity contribution in [3.63, 3.8) is 0 Å². The lowest BCUT2D eigenvalue weighted by molar-refractivity contribution is 0.314. The lowest BCUT2D eigenvalue weighted by atomic mass is 10.1. The van der Waals surface area contributed by atoms with Gasteiger partial charge in [-0.25, -0.2) is 0 Å². The van der Waals surface area contributed by atoms with Gasteiger partial charge in [-0.2, -0.15) is 11.3 Å². The second-order valence-corrected chi connectivity index (χ2v) is 6.04. The molecule has 106 valence electrons. The van der Waals surface area contributed by atoms with Gasteiger partial charge in [0, 0.05) is 6.54 Å². The van der Waals surface area contributed by atoms with Gasteiger partial charge in [-0.05, 0) is 77.9 Å². The van der Waals surface area contributed by atoms with Crippen LogP contribution >= 0.6 is 11.3 Å². The second-order valence-electron chi connectivity index (χ2n) is 5.26. The van der Waals surface area contributed by atoms with E-state index in [-0.39, 0.29) is 0 Å². The normalized spacial score (nSPS) is 13.4. The lowest BCUT2D eigenvalue weighted by Crippen LogP contribution is -2.23. The molecule has 3 rings (SSSR count). The molecule has 0 aliphatic heterocycles. The van der Waals surface area contributed by atoms with E-state index in [1.807, 2.05) is 0 Å². The third kappa shape index (κ3) is 3.62. The van der Waals surface area contributed by atoms with Crippen molar-refractivity contribution < 1.29 is 4.74 Å². The van der Waals surface area contributed by atoms with Crippen molar-refractivity contribution in [1.29, 1.82) is 0 Å². The number of benzene rings is 1. The molecule has 0 saturated heterocycles. The minimum Gasteiger partial charge on any atom is -0.492 e. The van der Waals surface area contributed by atoms with Crippen LogP contribution in [0.2, 0.25) is 0 Å². The zero-order chi connectivity index (χ0) is 13.6. The van der Waals surface area contributed by atoms with Crippen LogP contribution in [0.4, 0.5) is 0 Å². The van der Waals surface area contributed by atoms with Crippen LogP contribution in [0.5, 0.6) is 5.75 Å². The first kappa shape index (κ1) is 13.7. The van der Waals surface area contributed by atoms with E-state index in [0.29, 0.717) is 0 Å². The molecule has 2 aromatic rings. The molecule has 1 aliphatic rings. The number of thiophene rings is 1. The summed E-state index contributed by atoms with van der Waals surface area (Å²) in [4.78, 5) is 0. The quantitative estimate of drug-likeness (QED) is 0.788. The van der Waals surface area contributed by atoms with Gasteiger partial charge < -0.3 is 10.1 Å². The molecule has 0 spiro atoms. The number of hydrogen-bond donors (Lipinski definition) is 1. The van der Waals surface area contributed by atoms with Crippen LogP contribution in [0, 0.1) is 0 Å². The standard InChI is InChI=1S/C17H21NOS/c1-2-15-4-5-17(12-16(15)3-1)19-10-9-18-8-6-14-7-11-20-13-14/h4-5,7,11-13,18H,1-3,6,8-10H2. The lowest BCUT2D eigenvalue weighted by Gasteiger charge is -2.09. The molecule has 0 fully saturated rings. The van der Waals surface area contributed by atoms with Crippen LogP contribution in [0.1, 0.15) is 23.1 Å². The van der Waals surface area contributed by atoms with Crippen LogP contribution in [0.3, 0.4) is 0 Å². The first-order valence-corrected chi connectivity index (χ1v) is 8.32. The Bertz CT molecular complexity index is 536. The van der Waals surface area contributed by atoms with Gasteiger partial charge in [0.2, 0.25) is 0 Å². The largest absolute Gasteiger partial charge is 0.492 e.